The molecule has 0 aliphatic carbocycles. The summed E-state index contributed by atoms with van der Waals surface area (Å²) in [4.78, 5) is 51.4. The van der Waals surface area contributed by atoms with Crippen LogP contribution in [0.25, 0.3) is 0 Å². The van der Waals surface area contributed by atoms with E-state index in [1.54, 1.807) is 38.3 Å². The molecule has 2 aromatic heterocycles. The standard InChI is InChI=1S/C20H20O6S.C18H20N2O5.C5H6N2O2/c1-14-7-9-17(10-8-14)27(21,22)26-16-11-18-19(23-12-16)13-24-20(25-18)15-5-3-2-4-6-15;1-11-8-20(18(22)19-16(11)21)13-7-14-15(23-9-13)10-24-17(25-14)12-5-3-2-4-6-12;1-3-2-6-5(9)7-4(3)8/h2-11,18-20H,12-13H2,1H3;2-6,8,13-15,17H,7,9-10H2,1H3,(H,19,21,22);2H,1H3,(H2,6,7,8,9)/t18-,19+,20?;13-,14+,15-,17?;/m01./s1. The fraction of sp³-hybridized carbons (Fsp3) is 0.349. The molecule has 0 spiro atoms. The summed E-state index contributed by atoms with van der Waals surface area (Å²) in [6.07, 6.45) is 3.25. The minimum absolute atomic E-state index is 0.0506. The first-order valence-electron chi connectivity index (χ1n) is 19.5. The molecule has 0 saturated carbocycles. The number of nitrogens with one attached hydrogen (secondary N) is 3. The van der Waals surface area contributed by atoms with Gasteiger partial charge >= 0.3 is 21.5 Å². The minimum atomic E-state index is -3.92. The second-order valence-corrected chi connectivity index (χ2v) is 16.3. The van der Waals surface area contributed by atoms with Crippen LogP contribution < -0.4 is 22.5 Å². The molecule has 7 atom stereocenters. The molecule has 0 bridgehead atoms. The number of aromatic nitrogens is 4. The van der Waals surface area contributed by atoms with Gasteiger partial charge in [0.1, 0.15) is 35.6 Å². The molecule has 0 amide bonds. The van der Waals surface area contributed by atoms with E-state index in [0.29, 0.717) is 37.4 Å². The number of hydrogen-bond donors (Lipinski definition) is 3. The number of rotatable bonds is 6. The highest BCUT2D eigenvalue weighted by molar-refractivity contribution is 7.86. The van der Waals surface area contributed by atoms with Crippen LogP contribution in [0.3, 0.4) is 0 Å². The lowest BCUT2D eigenvalue weighted by molar-refractivity contribution is -0.282. The zero-order valence-electron chi connectivity index (χ0n) is 33.6. The molecule has 3 N–H and O–H groups in total. The van der Waals surface area contributed by atoms with E-state index < -0.39 is 40.2 Å². The highest BCUT2D eigenvalue weighted by atomic mass is 32.2. The van der Waals surface area contributed by atoms with Crippen LogP contribution in [0.1, 0.15) is 52.9 Å². The molecule has 0 radical (unpaired) electrons. The summed E-state index contributed by atoms with van der Waals surface area (Å²) in [5.41, 5.74) is 2.25. The Hall–Kier alpha value is -5.73. The third-order valence-corrected chi connectivity index (χ3v) is 11.5. The molecule has 9 rings (SSSR count). The van der Waals surface area contributed by atoms with E-state index in [0.717, 1.165) is 16.7 Å². The van der Waals surface area contributed by atoms with E-state index in [4.69, 9.17) is 32.6 Å². The number of benzene rings is 3. The van der Waals surface area contributed by atoms with Crippen LogP contribution in [-0.4, -0.2) is 78.8 Å². The lowest BCUT2D eigenvalue weighted by Gasteiger charge is -2.42. The van der Waals surface area contributed by atoms with E-state index in [1.807, 2.05) is 67.6 Å². The number of H-pyrrole nitrogens is 3. The molecule has 4 aliphatic heterocycles. The molecule has 3 aromatic carbocycles. The number of nitrogens with zero attached hydrogens (tertiary/aromatic N) is 1. The summed E-state index contributed by atoms with van der Waals surface area (Å²) in [6.45, 7) is 6.44. The Bertz CT molecular complexity index is 2650. The Morgan fingerprint density at radius 3 is 1.93 bits per heavy atom. The van der Waals surface area contributed by atoms with Crippen LogP contribution in [0.15, 0.2) is 133 Å². The summed E-state index contributed by atoms with van der Waals surface area (Å²) in [7, 11) is -3.92. The summed E-state index contributed by atoms with van der Waals surface area (Å²) in [6, 6.07) is 25.6. The topological polar surface area (TPSA) is 219 Å². The Balaban J connectivity index is 0.000000154. The van der Waals surface area contributed by atoms with Crippen LogP contribution in [0, 0.1) is 20.8 Å². The first kappa shape index (κ1) is 43.4. The molecule has 5 aromatic rings. The van der Waals surface area contributed by atoms with Crippen molar-refractivity contribution in [2.45, 2.75) is 75.1 Å². The van der Waals surface area contributed by atoms with Crippen LogP contribution >= 0.6 is 0 Å². The van der Waals surface area contributed by atoms with Gasteiger partial charge in [0.15, 0.2) is 12.6 Å². The van der Waals surface area contributed by atoms with Crippen molar-refractivity contribution in [2.24, 2.45) is 0 Å². The fourth-order valence-electron chi connectivity index (χ4n) is 6.81. The third-order valence-electron chi connectivity index (χ3n) is 10.2. The van der Waals surface area contributed by atoms with Crippen molar-refractivity contribution in [2.75, 3.05) is 26.4 Å². The molecular weight excluding hydrogens is 813 g/mol. The van der Waals surface area contributed by atoms with Gasteiger partial charge in [-0.2, -0.15) is 8.42 Å². The molecule has 6 heterocycles. The molecule has 17 nitrogen and oxygen atoms in total. The van der Waals surface area contributed by atoms with Gasteiger partial charge in [-0.3, -0.25) is 24.1 Å². The zero-order chi connectivity index (χ0) is 43.1. The highest BCUT2D eigenvalue weighted by Gasteiger charge is 2.40. The second-order valence-electron chi connectivity index (χ2n) is 14.8. The largest absolute Gasteiger partial charge is 0.381 e. The first-order chi connectivity index (χ1) is 29.3. The number of hydrogen-bond acceptors (Lipinski definition) is 13. The van der Waals surface area contributed by atoms with Crippen LogP contribution in [0.5, 0.6) is 0 Å². The van der Waals surface area contributed by atoms with Crippen molar-refractivity contribution in [1.82, 2.24) is 19.5 Å². The number of ether oxygens (including phenoxy) is 6. The molecule has 3 fully saturated rings. The SMILES string of the molecule is Cc1c[nH]c(=O)[nH]c1=O.Cc1ccc(S(=O)(=O)OC2=C[C@@H]3OC(c4ccccc4)OC[C@H]3OC2)cc1.Cc1cn([C@H]2CO[C@@H]3COC(c4ccccc4)O[C@H]3C2)c(=O)[nH]c1=O. The van der Waals surface area contributed by atoms with E-state index in [1.165, 1.54) is 22.9 Å². The van der Waals surface area contributed by atoms with E-state index in [9.17, 15) is 27.6 Å². The van der Waals surface area contributed by atoms with Crippen molar-refractivity contribution < 1.29 is 41.0 Å². The van der Waals surface area contributed by atoms with E-state index >= 15 is 0 Å². The predicted octanol–water partition coefficient (Wildman–Crippen LogP) is 3.76. The summed E-state index contributed by atoms with van der Waals surface area (Å²) >= 11 is 0. The second kappa shape index (κ2) is 19.3. The lowest BCUT2D eigenvalue weighted by Crippen LogP contribution is -2.49. The molecule has 4 aliphatic rings. The van der Waals surface area contributed by atoms with Gasteiger partial charge in [-0.25, -0.2) is 9.59 Å². The fourth-order valence-corrected chi connectivity index (χ4v) is 7.76. The van der Waals surface area contributed by atoms with Gasteiger partial charge in [-0.05, 0) is 45.4 Å². The van der Waals surface area contributed by atoms with Gasteiger partial charge in [0, 0.05) is 34.6 Å². The summed E-state index contributed by atoms with van der Waals surface area (Å²) in [5.74, 6) is 0.213. The number of aromatic amines is 3. The molecule has 3 saturated heterocycles. The Morgan fingerprint density at radius 2 is 1.30 bits per heavy atom. The smallest absolute Gasteiger partial charge is 0.338 e. The van der Waals surface area contributed by atoms with Crippen molar-refractivity contribution in [1.29, 1.82) is 0 Å². The Labute approximate surface area is 350 Å². The molecule has 18 heteroatoms. The molecular formula is C43H46N4O13S. The Morgan fingerprint density at radius 1 is 0.672 bits per heavy atom. The van der Waals surface area contributed by atoms with Crippen LogP contribution in [-0.2, 0) is 42.7 Å². The molecule has 2 unspecified atom stereocenters. The monoisotopic (exact) mass is 858 g/mol. The van der Waals surface area contributed by atoms with Gasteiger partial charge in [0.2, 0.25) is 0 Å². The third kappa shape index (κ3) is 11.0. The van der Waals surface area contributed by atoms with Gasteiger partial charge in [0.05, 0.1) is 32.0 Å². The number of fused-ring (bicyclic) bond motifs is 2. The van der Waals surface area contributed by atoms with Crippen molar-refractivity contribution in [3.05, 3.63) is 179 Å². The van der Waals surface area contributed by atoms with E-state index in [-0.39, 0.29) is 52.7 Å². The van der Waals surface area contributed by atoms with Crippen LogP contribution in [0.2, 0.25) is 0 Å². The maximum atomic E-state index is 12.5. The first-order valence-corrected chi connectivity index (χ1v) is 20.9. The van der Waals surface area contributed by atoms with Gasteiger partial charge in [-0.1, -0.05) is 78.4 Å². The summed E-state index contributed by atoms with van der Waals surface area (Å²) in [5, 5.41) is 0. The minimum Gasteiger partial charge on any atom is -0.381 e. The normalized spacial score (nSPS) is 24.6. The number of aryl methyl sites for hydroxylation is 3. The van der Waals surface area contributed by atoms with Gasteiger partial charge in [0.25, 0.3) is 11.1 Å². The zero-order valence-corrected chi connectivity index (χ0v) is 34.4. The maximum Gasteiger partial charge on any atom is 0.338 e. The summed E-state index contributed by atoms with van der Waals surface area (Å²) < 4.78 is 66.8. The van der Waals surface area contributed by atoms with Crippen molar-refractivity contribution >= 4 is 10.1 Å². The highest BCUT2D eigenvalue weighted by Crippen LogP contribution is 2.35. The van der Waals surface area contributed by atoms with Crippen molar-refractivity contribution in [3.63, 3.8) is 0 Å². The average molecular weight is 859 g/mol. The van der Waals surface area contributed by atoms with E-state index in [2.05, 4.69) is 15.0 Å². The lowest BCUT2D eigenvalue weighted by atomic mass is 10.0. The quantitative estimate of drug-likeness (QED) is 0.208. The van der Waals surface area contributed by atoms with Gasteiger partial charge < -0.3 is 37.6 Å². The van der Waals surface area contributed by atoms with Crippen molar-refractivity contribution in [3.8, 4) is 0 Å². The van der Waals surface area contributed by atoms with Crippen LogP contribution in [0.4, 0.5) is 0 Å². The van der Waals surface area contributed by atoms with Gasteiger partial charge in [-0.15, -0.1) is 0 Å². The average Bonchev–Trinajstić information content (AvgIpc) is 3.27. The molecule has 322 valence electrons. The Kier molecular flexibility index (Phi) is 13.7. The molecule has 61 heavy (non-hydrogen) atoms. The predicted molar refractivity (Wildman–Crippen MR) is 219 cm³/mol. The maximum absolute atomic E-state index is 12.5.